The molecule has 0 N–H and O–H groups in total. The first-order valence-corrected chi connectivity index (χ1v) is 10.8. The van der Waals surface area contributed by atoms with Crippen molar-refractivity contribution in [1.82, 2.24) is 9.47 Å². The van der Waals surface area contributed by atoms with E-state index in [9.17, 15) is 4.79 Å². The summed E-state index contributed by atoms with van der Waals surface area (Å²) in [6.07, 6.45) is 2.70. The summed E-state index contributed by atoms with van der Waals surface area (Å²) < 4.78 is 13.1. The van der Waals surface area contributed by atoms with Gasteiger partial charge in [0.25, 0.3) is 5.91 Å². The molecule has 0 saturated carbocycles. The van der Waals surface area contributed by atoms with E-state index in [4.69, 9.17) is 9.47 Å². The van der Waals surface area contributed by atoms with E-state index in [0.717, 1.165) is 34.0 Å². The standard InChI is InChI=1S/C27H26N2O3/c1-28-17-22(20-11-7-8-12-23(20)28)27(30)29-14-13-19-15-24(31-2)25(32-3)16-21(19)26(29)18-9-5-4-6-10-18/h4-12,15-17,26H,13-14H2,1-3H3. The minimum atomic E-state index is -0.203. The van der Waals surface area contributed by atoms with Crippen molar-refractivity contribution in [3.05, 3.63) is 95.2 Å². The highest BCUT2D eigenvalue weighted by atomic mass is 16.5. The molecule has 1 aromatic heterocycles. The van der Waals surface area contributed by atoms with Gasteiger partial charge in [-0.15, -0.1) is 0 Å². The zero-order valence-electron chi connectivity index (χ0n) is 18.5. The van der Waals surface area contributed by atoms with E-state index in [2.05, 4.69) is 12.1 Å². The van der Waals surface area contributed by atoms with Gasteiger partial charge < -0.3 is 18.9 Å². The Kier molecular flexibility index (Phi) is 5.10. The third-order valence-electron chi connectivity index (χ3n) is 6.38. The van der Waals surface area contributed by atoms with Gasteiger partial charge in [0.2, 0.25) is 0 Å². The number of rotatable bonds is 4. The van der Waals surface area contributed by atoms with Crippen LogP contribution in [0.3, 0.4) is 0 Å². The minimum Gasteiger partial charge on any atom is -0.493 e. The maximum Gasteiger partial charge on any atom is 0.256 e. The number of fused-ring (bicyclic) bond motifs is 2. The van der Waals surface area contributed by atoms with Gasteiger partial charge >= 0.3 is 0 Å². The molecule has 162 valence electrons. The first kappa shape index (κ1) is 20.2. The number of nitrogens with zero attached hydrogens (tertiary/aromatic N) is 2. The van der Waals surface area contributed by atoms with Crippen molar-refractivity contribution < 1.29 is 14.3 Å². The Bertz CT molecular complexity index is 1290. The van der Waals surface area contributed by atoms with Gasteiger partial charge in [-0.1, -0.05) is 48.5 Å². The maximum absolute atomic E-state index is 14.0. The van der Waals surface area contributed by atoms with E-state index in [1.807, 2.05) is 77.3 Å². The fourth-order valence-electron chi connectivity index (χ4n) is 4.83. The van der Waals surface area contributed by atoms with Gasteiger partial charge in [0.05, 0.1) is 25.8 Å². The minimum absolute atomic E-state index is 0.0380. The molecule has 32 heavy (non-hydrogen) atoms. The van der Waals surface area contributed by atoms with Crippen molar-refractivity contribution in [3.63, 3.8) is 0 Å². The fraction of sp³-hybridized carbons (Fsp3) is 0.222. The molecule has 0 fully saturated rings. The molecule has 2 heterocycles. The fourth-order valence-corrected chi connectivity index (χ4v) is 4.83. The predicted octanol–water partition coefficient (Wildman–Crippen LogP) is 4.98. The van der Waals surface area contributed by atoms with Crippen LogP contribution in [0.2, 0.25) is 0 Å². The van der Waals surface area contributed by atoms with Crippen LogP contribution in [-0.2, 0) is 13.5 Å². The number of carbonyl (C=O) groups excluding carboxylic acids is 1. The number of hydrogen-bond acceptors (Lipinski definition) is 3. The molecule has 1 aliphatic rings. The number of carbonyl (C=O) groups is 1. The molecule has 0 saturated heterocycles. The van der Waals surface area contributed by atoms with Crippen molar-refractivity contribution >= 4 is 16.8 Å². The number of amides is 1. The predicted molar refractivity (Wildman–Crippen MR) is 125 cm³/mol. The smallest absolute Gasteiger partial charge is 0.256 e. The quantitative estimate of drug-likeness (QED) is 0.462. The summed E-state index contributed by atoms with van der Waals surface area (Å²) in [5, 5.41) is 0.977. The van der Waals surface area contributed by atoms with E-state index < -0.39 is 0 Å². The van der Waals surface area contributed by atoms with Crippen LogP contribution in [0.4, 0.5) is 0 Å². The van der Waals surface area contributed by atoms with Crippen molar-refractivity contribution in [2.75, 3.05) is 20.8 Å². The molecule has 5 nitrogen and oxygen atoms in total. The molecule has 1 aliphatic heterocycles. The first-order chi connectivity index (χ1) is 15.6. The van der Waals surface area contributed by atoms with E-state index in [1.165, 1.54) is 5.56 Å². The highest BCUT2D eigenvalue weighted by molar-refractivity contribution is 6.07. The number of ether oxygens (including phenoxy) is 2. The number of methoxy groups -OCH3 is 2. The van der Waals surface area contributed by atoms with E-state index in [-0.39, 0.29) is 11.9 Å². The lowest BCUT2D eigenvalue weighted by molar-refractivity contribution is 0.0696. The third-order valence-corrected chi connectivity index (χ3v) is 6.38. The van der Waals surface area contributed by atoms with Crippen LogP contribution in [0.1, 0.15) is 33.1 Å². The molecule has 3 aromatic carbocycles. The second-order valence-electron chi connectivity index (χ2n) is 8.14. The molecule has 4 aromatic rings. The lowest BCUT2D eigenvalue weighted by Gasteiger charge is -2.38. The molecule has 1 atom stereocenters. The molecule has 5 rings (SSSR count). The Labute approximate surface area is 187 Å². The largest absolute Gasteiger partial charge is 0.493 e. The topological polar surface area (TPSA) is 43.7 Å². The molecule has 5 heteroatoms. The summed E-state index contributed by atoms with van der Waals surface area (Å²) in [4.78, 5) is 15.9. The second-order valence-corrected chi connectivity index (χ2v) is 8.14. The Morgan fingerprint density at radius 2 is 1.62 bits per heavy atom. The third kappa shape index (κ3) is 3.21. The molecule has 0 aliphatic carbocycles. The summed E-state index contributed by atoms with van der Waals surface area (Å²) in [7, 11) is 5.28. The molecular weight excluding hydrogens is 400 g/mol. The van der Waals surface area contributed by atoms with Gasteiger partial charge in [-0.05, 0) is 41.3 Å². The summed E-state index contributed by atoms with van der Waals surface area (Å²) in [6.45, 7) is 0.629. The van der Waals surface area contributed by atoms with Crippen LogP contribution in [-0.4, -0.2) is 36.1 Å². The van der Waals surface area contributed by atoms with Crippen LogP contribution in [0, 0.1) is 0 Å². The Morgan fingerprint density at radius 3 is 2.38 bits per heavy atom. The van der Waals surface area contributed by atoms with Gasteiger partial charge in [-0.25, -0.2) is 0 Å². The summed E-state index contributed by atoms with van der Waals surface area (Å²) in [5.41, 5.74) is 5.12. The van der Waals surface area contributed by atoms with Crippen LogP contribution >= 0.6 is 0 Å². The van der Waals surface area contributed by atoms with Crippen LogP contribution in [0.25, 0.3) is 10.9 Å². The monoisotopic (exact) mass is 426 g/mol. The van der Waals surface area contributed by atoms with Gasteiger partial charge in [-0.2, -0.15) is 0 Å². The van der Waals surface area contributed by atoms with Crippen LogP contribution in [0.5, 0.6) is 11.5 Å². The lowest BCUT2D eigenvalue weighted by Crippen LogP contribution is -2.40. The van der Waals surface area contributed by atoms with Crippen LogP contribution in [0.15, 0.2) is 72.9 Å². The average Bonchev–Trinajstić information content (AvgIpc) is 3.19. The van der Waals surface area contributed by atoms with Gasteiger partial charge in [0, 0.05) is 30.7 Å². The van der Waals surface area contributed by atoms with Crippen molar-refractivity contribution in [2.45, 2.75) is 12.5 Å². The summed E-state index contributed by atoms with van der Waals surface area (Å²) >= 11 is 0. The Hall–Kier alpha value is -3.73. The molecule has 0 spiro atoms. The summed E-state index contributed by atoms with van der Waals surface area (Å²) in [5.74, 6) is 1.43. The molecule has 0 bridgehead atoms. The molecule has 0 radical (unpaired) electrons. The number of hydrogen-bond donors (Lipinski definition) is 0. The van der Waals surface area contributed by atoms with Crippen molar-refractivity contribution in [2.24, 2.45) is 7.05 Å². The van der Waals surface area contributed by atoms with Crippen molar-refractivity contribution in [1.29, 1.82) is 0 Å². The highest BCUT2D eigenvalue weighted by Crippen LogP contribution is 2.41. The molecule has 1 unspecified atom stereocenters. The zero-order valence-corrected chi connectivity index (χ0v) is 18.5. The van der Waals surface area contributed by atoms with Crippen molar-refractivity contribution in [3.8, 4) is 11.5 Å². The number of benzene rings is 3. The molecule has 1 amide bonds. The Balaban J connectivity index is 1.66. The SMILES string of the molecule is COc1cc2c(cc1OC)C(c1ccccc1)N(C(=O)c1cn(C)c3ccccc13)CC2. The molecular formula is C27H26N2O3. The maximum atomic E-state index is 14.0. The zero-order chi connectivity index (χ0) is 22.2. The first-order valence-electron chi connectivity index (χ1n) is 10.8. The normalized spacial score (nSPS) is 15.5. The van der Waals surface area contributed by atoms with E-state index in [0.29, 0.717) is 18.0 Å². The summed E-state index contributed by atoms with van der Waals surface area (Å²) in [6, 6.07) is 22.1. The lowest BCUT2D eigenvalue weighted by atomic mass is 9.87. The second kappa shape index (κ2) is 8.08. The number of aryl methyl sites for hydroxylation is 1. The van der Waals surface area contributed by atoms with E-state index in [1.54, 1.807) is 14.2 Å². The van der Waals surface area contributed by atoms with Gasteiger partial charge in [0.15, 0.2) is 11.5 Å². The van der Waals surface area contributed by atoms with Crippen LogP contribution < -0.4 is 9.47 Å². The number of aromatic nitrogens is 1. The van der Waals surface area contributed by atoms with E-state index >= 15 is 0 Å². The van der Waals surface area contributed by atoms with Gasteiger partial charge in [-0.3, -0.25) is 4.79 Å². The number of para-hydroxylation sites is 1. The Morgan fingerprint density at radius 1 is 0.938 bits per heavy atom. The average molecular weight is 427 g/mol. The van der Waals surface area contributed by atoms with Gasteiger partial charge in [0.1, 0.15) is 0 Å². The highest BCUT2D eigenvalue weighted by Gasteiger charge is 2.34.